The molecular formula is C10H21N3O4. The molecule has 0 heterocycles. The third-order valence-electron chi connectivity index (χ3n) is 1.89. The molecule has 3 N–H and O–H groups in total. The standard InChI is InChI=1S/C10H21N3O4/c1-9(14)17-8-7-16-6-5-15-4-3-13(2)10(11)12/h3-8H2,1-2H3,(H3,11,12). The fraction of sp³-hybridized carbons (Fsp3) is 0.800. The van der Waals surface area contributed by atoms with Crippen molar-refractivity contribution in [1.82, 2.24) is 4.90 Å². The van der Waals surface area contributed by atoms with Gasteiger partial charge in [0, 0.05) is 20.5 Å². The highest BCUT2D eigenvalue weighted by Crippen LogP contribution is 1.84. The van der Waals surface area contributed by atoms with Crippen LogP contribution in [0.3, 0.4) is 0 Å². The van der Waals surface area contributed by atoms with E-state index in [4.69, 9.17) is 20.6 Å². The van der Waals surface area contributed by atoms with Crippen LogP contribution in [0.1, 0.15) is 6.92 Å². The van der Waals surface area contributed by atoms with Crippen molar-refractivity contribution in [3.8, 4) is 0 Å². The highest BCUT2D eigenvalue weighted by atomic mass is 16.6. The predicted molar refractivity (Wildman–Crippen MR) is 62.8 cm³/mol. The van der Waals surface area contributed by atoms with Crippen molar-refractivity contribution in [2.75, 3.05) is 46.6 Å². The lowest BCUT2D eigenvalue weighted by molar-refractivity contribution is -0.142. The van der Waals surface area contributed by atoms with Crippen LogP contribution in [0.2, 0.25) is 0 Å². The summed E-state index contributed by atoms with van der Waals surface area (Å²) >= 11 is 0. The van der Waals surface area contributed by atoms with Gasteiger partial charge in [0.25, 0.3) is 0 Å². The maximum atomic E-state index is 10.4. The molecule has 0 aliphatic rings. The molecule has 0 aromatic carbocycles. The molecule has 0 aromatic heterocycles. The van der Waals surface area contributed by atoms with Crippen LogP contribution in [0.15, 0.2) is 0 Å². The van der Waals surface area contributed by atoms with E-state index in [-0.39, 0.29) is 18.5 Å². The molecule has 0 saturated heterocycles. The van der Waals surface area contributed by atoms with Gasteiger partial charge in [-0.05, 0) is 0 Å². The van der Waals surface area contributed by atoms with Crippen LogP contribution in [-0.4, -0.2) is 63.5 Å². The summed E-state index contributed by atoms with van der Waals surface area (Å²) in [5.74, 6) is -0.289. The number of carbonyl (C=O) groups excluding carboxylic acids is 1. The topological polar surface area (TPSA) is 97.9 Å². The largest absolute Gasteiger partial charge is 0.463 e. The van der Waals surface area contributed by atoms with Crippen molar-refractivity contribution in [3.05, 3.63) is 0 Å². The van der Waals surface area contributed by atoms with Gasteiger partial charge in [-0.1, -0.05) is 0 Å². The average molecular weight is 247 g/mol. The van der Waals surface area contributed by atoms with Crippen LogP contribution in [-0.2, 0) is 19.0 Å². The molecule has 0 aromatic rings. The summed E-state index contributed by atoms with van der Waals surface area (Å²) in [6.07, 6.45) is 0. The maximum Gasteiger partial charge on any atom is 0.302 e. The number of rotatable bonds is 9. The van der Waals surface area contributed by atoms with Crippen LogP contribution in [0.5, 0.6) is 0 Å². The Morgan fingerprint density at radius 2 is 1.71 bits per heavy atom. The molecule has 0 radical (unpaired) electrons. The predicted octanol–water partition coefficient (Wildman–Crippen LogP) is -0.592. The Morgan fingerprint density at radius 1 is 1.18 bits per heavy atom. The summed E-state index contributed by atoms with van der Waals surface area (Å²) in [7, 11) is 1.72. The Labute approximate surface area is 101 Å². The molecule has 0 rings (SSSR count). The number of hydrogen-bond donors (Lipinski definition) is 2. The lowest BCUT2D eigenvalue weighted by Crippen LogP contribution is -2.35. The van der Waals surface area contributed by atoms with Crippen LogP contribution in [0.25, 0.3) is 0 Å². The third kappa shape index (κ3) is 10.9. The summed E-state index contributed by atoms with van der Waals surface area (Å²) in [6, 6.07) is 0. The number of guanidine groups is 1. The van der Waals surface area contributed by atoms with E-state index >= 15 is 0 Å². The molecule has 0 aliphatic carbocycles. The van der Waals surface area contributed by atoms with Gasteiger partial charge in [-0.15, -0.1) is 0 Å². The van der Waals surface area contributed by atoms with E-state index in [1.165, 1.54) is 6.92 Å². The van der Waals surface area contributed by atoms with Gasteiger partial charge in [0.05, 0.1) is 26.4 Å². The summed E-state index contributed by atoms with van der Waals surface area (Å²) < 4.78 is 15.1. The van der Waals surface area contributed by atoms with Gasteiger partial charge < -0.3 is 24.8 Å². The number of nitrogens with one attached hydrogen (secondary N) is 1. The molecule has 0 fully saturated rings. The van der Waals surface area contributed by atoms with Crippen LogP contribution < -0.4 is 5.73 Å². The summed E-state index contributed by atoms with van der Waals surface area (Å²) in [6.45, 7) is 3.97. The molecule has 7 nitrogen and oxygen atoms in total. The first-order chi connectivity index (χ1) is 8.04. The van der Waals surface area contributed by atoms with Crippen molar-refractivity contribution in [2.45, 2.75) is 6.92 Å². The second-order valence-electron chi connectivity index (χ2n) is 3.37. The van der Waals surface area contributed by atoms with Gasteiger partial charge in [-0.2, -0.15) is 0 Å². The second kappa shape index (κ2) is 9.86. The van der Waals surface area contributed by atoms with Crippen molar-refractivity contribution < 1.29 is 19.0 Å². The minimum Gasteiger partial charge on any atom is -0.463 e. The van der Waals surface area contributed by atoms with Crippen molar-refractivity contribution in [2.24, 2.45) is 5.73 Å². The highest BCUT2D eigenvalue weighted by Gasteiger charge is 1.98. The minimum absolute atomic E-state index is 0.0197. The number of carbonyl (C=O) groups is 1. The Hall–Kier alpha value is -1.34. The van der Waals surface area contributed by atoms with E-state index in [1.807, 2.05) is 0 Å². The zero-order valence-electron chi connectivity index (χ0n) is 10.4. The number of esters is 1. The van der Waals surface area contributed by atoms with Gasteiger partial charge in [0.2, 0.25) is 0 Å². The molecule has 0 atom stereocenters. The lowest BCUT2D eigenvalue weighted by atomic mass is 10.6. The highest BCUT2D eigenvalue weighted by molar-refractivity contribution is 5.74. The quantitative estimate of drug-likeness (QED) is 0.244. The Kier molecular flexibility index (Phi) is 9.08. The van der Waals surface area contributed by atoms with Gasteiger partial charge in [-0.3, -0.25) is 10.2 Å². The van der Waals surface area contributed by atoms with Crippen LogP contribution >= 0.6 is 0 Å². The molecule has 100 valence electrons. The number of nitrogens with zero attached hydrogens (tertiary/aromatic N) is 1. The summed E-state index contributed by atoms with van der Waals surface area (Å²) in [5, 5.41) is 7.11. The molecule has 0 bridgehead atoms. The second-order valence-corrected chi connectivity index (χ2v) is 3.37. The lowest BCUT2D eigenvalue weighted by Gasteiger charge is -2.16. The van der Waals surface area contributed by atoms with Crippen LogP contribution in [0, 0.1) is 5.41 Å². The molecule has 0 aliphatic heterocycles. The first-order valence-electron chi connectivity index (χ1n) is 5.38. The van der Waals surface area contributed by atoms with Crippen molar-refractivity contribution in [3.63, 3.8) is 0 Å². The van der Waals surface area contributed by atoms with E-state index in [1.54, 1.807) is 11.9 Å². The minimum atomic E-state index is -0.308. The number of nitrogens with two attached hydrogens (primary N) is 1. The fourth-order valence-electron chi connectivity index (χ4n) is 0.888. The van der Waals surface area contributed by atoms with E-state index in [0.29, 0.717) is 33.0 Å². The van der Waals surface area contributed by atoms with Gasteiger partial charge in [-0.25, -0.2) is 0 Å². The normalized spacial score (nSPS) is 10.0. The molecule has 17 heavy (non-hydrogen) atoms. The summed E-state index contributed by atoms with van der Waals surface area (Å²) in [4.78, 5) is 12.0. The molecule has 0 spiro atoms. The number of likely N-dealkylation sites (N-methyl/N-ethyl adjacent to an activating group) is 1. The Balaban J connectivity index is 3.14. The smallest absolute Gasteiger partial charge is 0.302 e. The Morgan fingerprint density at radius 3 is 2.24 bits per heavy atom. The SMILES string of the molecule is CC(=O)OCCOCCOCCN(C)C(=N)N. The molecular weight excluding hydrogens is 226 g/mol. The molecule has 0 saturated carbocycles. The monoisotopic (exact) mass is 247 g/mol. The first kappa shape index (κ1) is 15.7. The van der Waals surface area contributed by atoms with Crippen LogP contribution in [0.4, 0.5) is 0 Å². The van der Waals surface area contributed by atoms with Gasteiger partial charge in [0.15, 0.2) is 5.96 Å². The van der Waals surface area contributed by atoms with E-state index < -0.39 is 0 Å². The fourth-order valence-corrected chi connectivity index (χ4v) is 0.888. The molecule has 0 unspecified atom stereocenters. The van der Waals surface area contributed by atoms with Gasteiger partial charge >= 0.3 is 5.97 Å². The summed E-state index contributed by atoms with van der Waals surface area (Å²) in [5.41, 5.74) is 5.24. The van der Waals surface area contributed by atoms with Gasteiger partial charge in [0.1, 0.15) is 6.61 Å². The maximum absolute atomic E-state index is 10.4. The first-order valence-corrected chi connectivity index (χ1v) is 5.38. The van der Waals surface area contributed by atoms with E-state index in [0.717, 1.165) is 0 Å². The average Bonchev–Trinajstić information content (AvgIpc) is 2.25. The third-order valence-corrected chi connectivity index (χ3v) is 1.89. The number of ether oxygens (including phenoxy) is 3. The van der Waals surface area contributed by atoms with E-state index in [9.17, 15) is 4.79 Å². The van der Waals surface area contributed by atoms with Crippen molar-refractivity contribution >= 4 is 11.9 Å². The molecule has 0 amide bonds. The zero-order valence-corrected chi connectivity index (χ0v) is 10.4. The zero-order chi connectivity index (χ0) is 13.1. The Bertz CT molecular complexity index is 236. The van der Waals surface area contributed by atoms with Crippen molar-refractivity contribution in [1.29, 1.82) is 5.41 Å². The molecule has 7 heteroatoms. The number of hydrogen-bond acceptors (Lipinski definition) is 5. The van der Waals surface area contributed by atoms with E-state index in [2.05, 4.69) is 4.74 Å².